The van der Waals surface area contributed by atoms with Gasteiger partial charge in [0.15, 0.2) is 5.69 Å². The van der Waals surface area contributed by atoms with Crippen LogP contribution in [0.15, 0.2) is 67.0 Å². The summed E-state index contributed by atoms with van der Waals surface area (Å²) in [6.45, 7) is 1.50. The molecule has 2 aromatic heterocycles. The number of aromatic nitrogens is 4. The van der Waals surface area contributed by atoms with E-state index in [0.29, 0.717) is 11.5 Å². The Labute approximate surface area is 209 Å². The molecule has 2 amide bonds. The number of H-pyrrole nitrogens is 1. The summed E-state index contributed by atoms with van der Waals surface area (Å²) in [6.07, 6.45) is 7.37. The van der Waals surface area contributed by atoms with E-state index >= 15 is 0 Å². The van der Waals surface area contributed by atoms with Gasteiger partial charge in [-0.25, -0.2) is 9.97 Å². The fourth-order valence-corrected chi connectivity index (χ4v) is 5.58. The Bertz CT molecular complexity index is 1390. The van der Waals surface area contributed by atoms with Gasteiger partial charge < -0.3 is 10.2 Å². The number of carbonyl (C=O) groups excluding carboxylic acids is 2. The van der Waals surface area contributed by atoms with Crippen LogP contribution in [0.25, 0.3) is 22.0 Å². The van der Waals surface area contributed by atoms with Crippen LogP contribution in [0.5, 0.6) is 0 Å². The van der Waals surface area contributed by atoms with Gasteiger partial charge in [0.2, 0.25) is 5.91 Å². The number of nitrogens with zero attached hydrogens (tertiary/aromatic N) is 4. The van der Waals surface area contributed by atoms with Gasteiger partial charge in [-0.05, 0) is 55.0 Å². The van der Waals surface area contributed by atoms with Crippen LogP contribution in [0.4, 0.5) is 0 Å². The standard InChI is InChI=1S/C28H28N6O2/c35-25(16-24-29-13-4-14-30-24)31-21-9-11-28(12-10-21)17-34(18-28)27(36)26-22-8-7-20(15-23(22)32-33-26)19-5-2-1-3-6-19/h1-8,13-15,21H,9-12,16-18H2,(H,31,35)(H,32,33). The molecular weight excluding hydrogens is 452 g/mol. The van der Waals surface area contributed by atoms with Gasteiger partial charge in [-0.15, -0.1) is 0 Å². The number of hydrogen-bond donors (Lipinski definition) is 2. The SMILES string of the molecule is O=C(Cc1ncccn1)NC1CCC2(CC1)CN(C(=O)c1n[nH]c3cc(-c4ccccc4)ccc13)C2. The van der Waals surface area contributed by atoms with Crippen LogP contribution in [0.3, 0.4) is 0 Å². The highest BCUT2D eigenvalue weighted by Gasteiger charge is 2.47. The molecule has 0 bridgehead atoms. The fourth-order valence-electron chi connectivity index (χ4n) is 5.58. The summed E-state index contributed by atoms with van der Waals surface area (Å²) < 4.78 is 0. The first kappa shape index (κ1) is 22.4. The molecule has 2 aromatic carbocycles. The Balaban J connectivity index is 1.04. The van der Waals surface area contributed by atoms with Crippen molar-refractivity contribution in [3.63, 3.8) is 0 Å². The molecule has 1 aliphatic carbocycles. The van der Waals surface area contributed by atoms with Crippen LogP contribution in [-0.2, 0) is 11.2 Å². The van der Waals surface area contributed by atoms with Crippen molar-refractivity contribution >= 4 is 22.7 Å². The molecule has 4 aromatic rings. The van der Waals surface area contributed by atoms with E-state index in [1.54, 1.807) is 18.5 Å². The largest absolute Gasteiger partial charge is 0.353 e. The lowest BCUT2D eigenvalue weighted by Crippen LogP contribution is -2.60. The third-order valence-electron chi connectivity index (χ3n) is 7.56. The number of benzene rings is 2. The van der Waals surface area contributed by atoms with E-state index in [4.69, 9.17) is 0 Å². The van der Waals surface area contributed by atoms with Crippen LogP contribution in [0.2, 0.25) is 0 Å². The molecule has 2 aliphatic rings. The van der Waals surface area contributed by atoms with Crippen molar-refractivity contribution in [3.05, 3.63) is 78.5 Å². The van der Waals surface area contributed by atoms with Crippen LogP contribution >= 0.6 is 0 Å². The van der Waals surface area contributed by atoms with Crippen LogP contribution in [-0.4, -0.2) is 56.0 Å². The highest BCUT2D eigenvalue weighted by molar-refractivity contribution is 6.05. The van der Waals surface area contributed by atoms with Gasteiger partial charge in [0, 0.05) is 42.3 Å². The Morgan fingerprint density at radius 1 is 0.972 bits per heavy atom. The lowest BCUT2D eigenvalue weighted by Gasteiger charge is -2.53. The zero-order valence-corrected chi connectivity index (χ0v) is 20.0. The van der Waals surface area contributed by atoms with E-state index in [-0.39, 0.29) is 29.7 Å². The second-order valence-electron chi connectivity index (χ2n) is 10.0. The lowest BCUT2D eigenvalue weighted by atomic mass is 9.67. The molecule has 1 saturated carbocycles. The molecule has 182 valence electrons. The number of hydrogen-bond acceptors (Lipinski definition) is 5. The minimum Gasteiger partial charge on any atom is -0.353 e. The maximum absolute atomic E-state index is 13.2. The molecule has 36 heavy (non-hydrogen) atoms. The van der Waals surface area contributed by atoms with Crippen molar-refractivity contribution < 1.29 is 9.59 Å². The first-order chi connectivity index (χ1) is 17.6. The number of likely N-dealkylation sites (tertiary alicyclic amines) is 1. The quantitative estimate of drug-likeness (QED) is 0.453. The first-order valence-electron chi connectivity index (χ1n) is 12.5. The van der Waals surface area contributed by atoms with E-state index in [1.165, 1.54) is 0 Å². The molecule has 0 atom stereocenters. The van der Waals surface area contributed by atoms with E-state index in [1.807, 2.05) is 41.3 Å². The topological polar surface area (TPSA) is 104 Å². The summed E-state index contributed by atoms with van der Waals surface area (Å²) in [5.41, 5.74) is 3.74. The van der Waals surface area contributed by atoms with Crippen molar-refractivity contribution in [2.45, 2.75) is 38.1 Å². The molecule has 1 saturated heterocycles. The van der Waals surface area contributed by atoms with Crippen molar-refractivity contribution in [2.24, 2.45) is 5.41 Å². The highest BCUT2D eigenvalue weighted by atomic mass is 16.2. The van der Waals surface area contributed by atoms with Gasteiger partial charge in [-0.3, -0.25) is 14.7 Å². The van der Waals surface area contributed by atoms with Crippen LogP contribution < -0.4 is 5.32 Å². The number of nitrogens with one attached hydrogen (secondary N) is 2. The smallest absolute Gasteiger partial charge is 0.275 e. The van der Waals surface area contributed by atoms with Gasteiger partial charge in [0.05, 0.1) is 11.9 Å². The predicted octanol–water partition coefficient (Wildman–Crippen LogP) is 3.76. The monoisotopic (exact) mass is 480 g/mol. The maximum Gasteiger partial charge on any atom is 0.275 e. The van der Waals surface area contributed by atoms with Crippen molar-refractivity contribution in [3.8, 4) is 11.1 Å². The first-order valence-corrected chi connectivity index (χ1v) is 12.5. The molecule has 0 unspecified atom stereocenters. The van der Waals surface area contributed by atoms with E-state index in [9.17, 15) is 9.59 Å². The lowest BCUT2D eigenvalue weighted by molar-refractivity contribution is -0.121. The number of fused-ring (bicyclic) bond motifs is 1. The summed E-state index contributed by atoms with van der Waals surface area (Å²) in [4.78, 5) is 35.8. The van der Waals surface area contributed by atoms with E-state index in [2.05, 4.69) is 37.6 Å². The molecular formula is C28H28N6O2. The second-order valence-corrected chi connectivity index (χ2v) is 10.0. The van der Waals surface area contributed by atoms with E-state index in [0.717, 1.165) is 60.8 Å². The molecule has 2 fully saturated rings. The van der Waals surface area contributed by atoms with Crippen molar-refractivity contribution in [2.75, 3.05) is 13.1 Å². The zero-order valence-electron chi connectivity index (χ0n) is 20.0. The summed E-state index contributed by atoms with van der Waals surface area (Å²) in [7, 11) is 0. The Kier molecular flexibility index (Phi) is 5.71. The number of carbonyl (C=O) groups is 2. The van der Waals surface area contributed by atoms with Gasteiger partial charge in [0.25, 0.3) is 5.91 Å². The third-order valence-corrected chi connectivity index (χ3v) is 7.56. The second kappa shape index (κ2) is 9.18. The molecule has 1 aliphatic heterocycles. The number of amides is 2. The summed E-state index contributed by atoms with van der Waals surface area (Å²) >= 11 is 0. The van der Waals surface area contributed by atoms with Crippen LogP contribution in [0.1, 0.15) is 42.0 Å². The highest BCUT2D eigenvalue weighted by Crippen LogP contribution is 2.44. The molecule has 8 nitrogen and oxygen atoms in total. The normalized spacial score (nSPS) is 17.2. The van der Waals surface area contributed by atoms with Gasteiger partial charge >= 0.3 is 0 Å². The van der Waals surface area contributed by atoms with Crippen LogP contribution in [0, 0.1) is 5.41 Å². The third kappa shape index (κ3) is 4.34. The number of rotatable bonds is 5. The number of aromatic amines is 1. The molecule has 2 N–H and O–H groups in total. The Morgan fingerprint density at radius 2 is 1.72 bits per heavy atom. The van der Waals surface area contributed by atoms with E-state index < -0.39 is 0 Å². The summed E-state index contributed by atoms with van der Waals surface area (Å²) in [5.74, 6) is 0.489. The summed E-state index contributed by atoms with van der Waals surface area (Å²) in [5, 5.41) is 11.4. The van der Waals surface area contributed by atoms with Gasteiger partial charge in [-0.1, -0.05) is 36.4 Å². The average Bonchev–Trinajstić information content (AvgIpc) is 3.32. The van der Waals surface area contributed by atoms with Gasteiger partial charge in [0.1, 0.15) is 5.82 Å². The minimum absolute atomic E-state index is 0.0161. The zero-order chi connectivity index (χ0) is 24.5. The van der Waals surface area contributed by atoms with Crippen molar-refractivity contribution in [1.29, 1.82) is 0 Å². The average molecular weight is 481 g/mol. The molecule has 0 radical (unpaired) electrons. The maximum atomic E-state index is 13.2. The minimum atomic E-state index is -0.0339. The molecule has 3 heterocycles. The molecule has 8 heteroatoms. The fraction of sp³-hybridized carbons (Fsp3) is 0.321. The molecule has 1 spiro atoms. The van der Waals surface area contributed by atoms with Gasteiger partial charge in [-0.2, -0.15) is 5.10 Å². The summed E-state index contributed by atoms with van der Waals surface area (Å²) in [6, 6.07) is 18.2. The Hall–Kier alpha value is -4.07. The predicted molar refractivity (Wildman–Crippen MR) is 136 cm³/mol. The Morgan fingerprint density at radius 3 is 2.47 bits per heavy atom. The molecule has 6 rings (SSSR count). The van der Waals surface area contributed by atoms with Crippen molar-refractivity contribution in [1.82, 2.24) is 30.4 Å².